The lowest BCUT2D eigenvalue weighted by Gasteiger charge is -2.36. The first kappa shape index (κ1) is 15.2. The van der Waals surface area contributed by atoms with E-state index in [0.29, 0.717) is 13.1 Å². The van der Waals surface area contributed by atoms with E-state index in [1.807, 2.05) is 14.1 Å². The Morgan fingerprint density at radius 1 is 1.35 bits per heavy atom. The number of rotatable bonds is 2. The number of hydrogen-bond donors (Lipinski definition) is 0. The van der Waals surface area contributed by atoms with Gasteiger partial charge in [-0.25, -0.2) is 8.78 Å². The highest BCUT2D eigenvalue weighted by atomic mass is 35.5. The zero-order valence-corrected chi connectivity index (χ0v) is 12.3. The third-order valence-corrected chi connectivity index (χ3v) is 3.97. The van der Waals surface area contributed by atoms with Gasteiger partial charge in [-0.05, 0) is 39.1 Å². The van der Waals surface area contributed by atoms with Crippen LogP contribution in [0.2, 0.25) is 5.02 Å². The van der Waals surface area contributed by atoms with Gasteiger partial charge in [-0.3, -0.25) is 4.79 Å². The molecule has 0 N–H and O–H groups in total. The molecule has 0 aromatic heterocycles. The summed E-state index contributed by atoms with van der Waals surface area (Å²) in [5, 5.41) is -0.0547. The van der Waals surface area contributed by atoms with Crippen molar-refractivity contribution in [3.05, 3.63) is 34.4 Å². The Balaban J connectivity index is 2.21. The van der Waals surface area contributed by atoms with Crippen molar-refractivity contribution >= 4 is 17.5 Å². The summed E-state index contributed by atoms with van der Waals surface area (Å²) in [6.07, 6.45) is 1.90. The standard InChI is InChI=1S/C14H17ClF2N2O/c1-18(2)9-4-3-5-19(8-9)14(20)10-6-12(16)13(17)7-11(10)15/h6-7,9H,3-5,8H2,1-2H3. The number of halogens is 3. The number of carbonyl (C=O) groups excluding carboxylic acids is 1. The summed E-state index contributed by atoms with van der Waals surface area (Å²) in [5.74, 6) is -2.45. The SMILES string of the molecule is CN(C)C1CCCN(C(=O)c2cc(F)c(F)cc2Cl)C1. The number of amides is 1. The van der Waals surface area contributed by atoms with E-state index in [0.717, 1.165) is 25.0 Å². The Morgan fingerprint density at radius 2 is 2.00 bits per heavy atom. The van der Waals surface area contributed by atoms with Crippen molar-refractivity contribution in [2.45, 2.75) is 18.9 Å². The van der Waals surface area contributed by atoms with Crippen LogP contribution in [0.15, 0.2) is 12.1 Å². The third kappa shape index (κ3) is 3.10. The molecule has 0 aliphatic carbocycles. The molecule has 2 rings (SSSR count). The molecule has 1 atom stereocenters. The fraction of sp³-hybridized carbons (Fsp3) is 0.500. The second kappa shape index (κ2) is 6.06. The maximum atomic E-state index is 13.3. The van der Waals surface area contributed by atoms with Crippen LogP contribution in [0.4, 0.5) is 8.78 Å². The first-order valence-corrected chi connectivity index (χ1v) is 6.88. The number of benzene rings is 1. The summed E-state index contributed by atoms with van der Waals surface area (Å²) in [4.78, 5) is 16.1. The van der Waals surface area contributed by atoms with Crippen LogP contribution in [-0.4, -0.2) is 48.9 Å². The van der Waals surface area contributed by atoms with Gasteiger partial charge in [0.05, 0.1) is 10.6 Å². The number of likely N-dealkylation sites (tertiary alicyclic amines) is 1. The van der Waals surface area contributed by atoms with Crippen molar-refractivity contribution in [1.29, 1.82) is 0 Å². The van der Waals surface area contributed by atoms with Gasteiger partial charge in [0.1, 0.15) is 0 Å². The smallest absolute Gasteiger partial charge is 0.255 e. The zero-order chi connectivity index (χ0) is 14.9. The van der Waals surface area contributed by atoms with Crippen molar-refractivity contribution in [2.75, 3.05) is 27.2 Å². The van der Waals surface area contributed by atoms with Gasteiger partial charge in [0.25, 0.3) is 5.91 Å². The van der Waals surface area contributed by atoms with Gasteiger partial charge in [0.2, 0.25) is 0 Å². The third-order valence-electron chi connectivity index (χ3n) is 3.65. The van der Waals surface area contributed by atoms with E-state index in [-0.39, 0.29) is 22.5 Å². The van der Waals surface area contributed by atoms with E-state index in [2.05, 4.69) is 4.90 Å². The molecule has 0 spiro atoms. The monoisotopic (exact) mass is 302 g/mol. The highest BCUT2D eigenvalue weighted by Crippen LogP contribution is 2.23. The minimum atomic E-state index is -1.06. The van der Waals surface area contributed by atoms with Gasteiger partial charge < -0.3 is 9.80 Å². The maximum Gasteiger partial charge on any atom is 0.255 e. The van der Waals surface area contributed by atoms with Crippen molar-refractivity contribution < 1.29 is 13.6 Å². The molecule has 1 amide bonds. The number of nitrogens with zero attached hydrogens (tertiary/aromatic N) is 2. The van der Waals surface area contributed by atoms with Crippen molar-refractivity contribution in [3.63, 3.8) is 0 Å². The molecular formula is C14H17ClF2N2O. The topological polar surface area (TPSA) is 23.6 Å². The van der Waals surface area contributed by atoms with E-state index < -0.39 is 11.6 Å². The molecule has 0 bridgehead atoms. The van der Waals surface area contributed by atoms with Crippen LogP contribution in [0.25, 0.3) is 0 Å². The second-order valence-corrected chi connectivity index (χ2v) is 5.66. The van der Waals surface area contributed by atoms with E-state index >= 15 is 0 Å². The molecule has 1 aromatic carbocycles. The molecule has 1 saturated heterocycles. The van der Waals surface area contributed by atoms with E-state index in [9.17, 15) is 13.6 Å². The Morgan fingerprint density at radius 3 is 2.65 bits per heavy atom. The molecule has 1 fully saturated rings. The summed E-state index contributed by atoms with van der Waals surface area (Å²) in [5.41, 5.74) is 0.0185. The van der Waals surface area contributed by atoms with Crippen molar-refractivity contribution in [1.82, 2.24) is 9.80 Å². The lowest BCUT2D eigenvalue weighted by Crippen LogP contribution is -2.47. The molecule has 1 heterocycles. The van der Waals surface area contributed by atoms with Crippen LogP contribution < -0.4 is 0 Å². The van der Waals surface area contributed by atoms with Gasteiger partial charge in [0.15, 0.2) is 11.6 Å². The first-order valence-electron chi connectivity index (χ1n) is 6.50. The Kier molecular flexibility index (Phi) is 4.60. The normalized spacial score (nSPS) is 19.5. The molecule has 6 heteroatoms. The number of carbonyl (C=O) groups is 1. The minimum absolute atomic E-state index is 0.0185. The molecule has 20 heavy (non-hydrogen) atoms. The first-order chi connectivity index (χ1) is 9.40. The Bertz CT molecular complexity index is 522. The van der Waals surface area contributed by atoms with Crippen LogP contribution in [-0.2, 0) is 0 Å². The van der Waals surface area contributed by atoms with Crippen LogP contribution in [0.1, 0.15) is 23.2 Å². The summed E-state index contributed by atoms with van der Waals surface area (Å²) in [7, 11) is 3.92. The highest BCUT2D eigenvalue weighted by molar-refractivity contribution is 6.33. The Hall–Kier alpha value is -1.20. The van der Waals surface area contributed by atoms with E-state index in [1.165, 1.54) is 0 Å². The molecular weight excluding hydrogens is 286 g/mol. The molecule has 1 aromatic rings. The number of piperidine rings is 1. The Labute approximate surface area is 122 Å². The fourth-order valence-electron chi connectivity index (χ4n) is 2.42. The van der Waals surface area contributed by atoms with Crippen LogP contribution in [0.5, 0.6) is 0 Å². The van der Waals surface area contributed by atoms with Crippen LogP contribution in [0.3, 0.4) is 0 Å². The minimum Gasteiger partial charge on any atom is -0.337 e. The van der Waals surface area contributed by atoms with Gasteiger partial charge in [-0.15, -0.1) is 0 Å². The van der Waals surface area contributed by atoms with Gasteiger partial charge in [-0.2, -0.15) is 0 Å². The predicted molar refractivity (Wildman–Crippen MR) is 74.0 cm³/mol. The molecule has 1 aliphatic rings. The molecule has 1 aliphatic heterocycles. The van der Waals surface area contributed by atoms with Crippen molar-refractivity contribution in [3.8, 4) is 0 Å². The lowest BCUT2D eigenvalue weighted by molar-refractivity contribution is 0.0634. The van der Waals surface area contributed by atoms with Gasteiger partial charge >= 0.3 is 0 Å². The quantitative estimate of drug-likeness (QED) is 0.784. The largest absolute Gasteiger partial charge is 0.337 e. The summed E-state index contributed by atoms with van der Waals surface area (Å²) >= 11 is 5.85. The molecule has 1 unspecified atom stereocenters. The average molecular weight is 303 g/mol. The molecule has 0 saturated carbocycles. The summed E-state index contributed by atoms with van der Waals surface area (Å²) in [6, 6.07) is 1.99. The zero-order valence-electron chi connectivity index (χ0n) is 11.5. The summed E-state index contributed by atoms with van der Waals surface area (Å²) < 4.78 is 26.3. The number of hydrogen-bond acceptors (Lipinski definition) is 2. The maximum absolute atomic E-state index is 13.3. The van der Waals surface area contributed by atoms with Crippen LogP contribution >= 0.6 is 11.6 Å². The van der Waals surface area contributed by atoms with E-state index in [1.54, 1.807) is 4.90 Å². The number of likely N-dealkylation sites (N-methyl/N-ethyl adjacent to an activating group) is 1. The fourth-order valence-corrected chi connectivity index (χ4v) is 2.65. The van der Waals surface area contributed by atoms with Crippen molar-refractivity contribution in [2.24, 2.45) is 0 Å². The van der Waals surface area contributed by atoms with Crippen LogP contribution in [0, 0.1) is 11.6 Å². The molecule has 3 nitrogen and oxygen atoms in total. The predicted octanol–water partition coefficient (Wildman–Crippen LogP) is 2.78. The summed E-state index contributed by atoms with van der Waals surface area (Å²) in [6.45, 7) is 1.18. The second-order valence-electron chi connectivity index (χ2n) is 5.26. The molecule has 0 radical (unpaired) electrons. The molecule has 110 valence electrons. The van der Waals surface area contributed by atoms with Gasteiger partial charge in [-0.1, -0.05) is 11.6 Å². The van der Waals surface area contributed by atoms with E-state index in [4.69, 9.17) is 11.6 Å². The highest BCUT2D eigenvalue weighted by Gasteiger charge is 2.27. The average Bonchev–Trinajstić information content (AvgIpc) is 2.42. The lowest BCUT2D eigenvalue weighted by atomic mass is 10.0. The van der Waals surface area contributed by atoms with Gasteiger partial charge in [0, 0.05) is 19.1 Å².